The van der Waals surface area contributed by atoms with Gasteiger partial charge in [0.05, 0.1) is 17.6 Å². The average Bonchev–Trinajstić information content (AvgIpc) is 2.17. The van der Waals surface area contributed by atoms with Crippen LogP contribution in [0.5, 0.6) is 5.75 Å². The van der Waals surface area contributed by atoms with Crippen molar-refractivity contribution in [2.24, 2.45) is 0 Å². The summed E-state index contributed by atoms with van der Waals surface area (Å²) in [6.45, 7) is 0. The number of fused-ring (bicyclic) bond motifs is 1. The van der Waals surface area contributed by atoms with E-state index < -0.39 is 0 Å². The number of methoxy groups -OCH3 is 1. The first-order valence-electron chi connectivity index (χ1n) is 4.10. The molecular weight excluding hydrogens is 200 g/mol. The summed E-state index contributed by atoms with van der Waals surface area (Å²) in [6.07, 6.45) is 1.65. The van der Waals surface area contributed by atoms with Crippen LogP contribution < -0.4 is 10.5 Å². The number of benzene rings is 1. The van der Waals surface area contributed by atoms with Crippen LogP contribution in [0.4, 0.5) is 5.69 Å². The number of ether oxygens (including phenoxy) is 1. The van der Waals surface area contributed by atoms with Crippen molar-refractivity contribution in [2.45, 2.75) is 0 Å². The highest BCUT2D eigenvalue weighted by Gasteiger charge is 2.05. The molecule has 0 unspecified atom stereocenters. The number of rotatable bonds is 1. The highest BCUT2D eigenvalue weighted by atomic mass is 35.5. The second-order valence-electron chi connectivity index (χ2n) is 2.90. The average molecular weight is 209 g/mol. The number of hydrogen-bond donors (Lipinski definition) is 1. The zero-order chi connectivity index (χ0) is 10.1. The van der Waals surface area contributed by atoms with Crippen LogP contribution in [-0.2, 0) is 0 Å². The Balaban J connectivity index is 2.80. The van der Waals surface area contributed by atoms with Gasteiger partial charge in [-0.2, -0.15) is 0 Å². The van der Waals surface area contributed by atoms with E-state index in [0.717, 1.165) is 10.9 Å². The first-order valence-corrected chi connectivity index (χ1v) is 4.48. The van der Waals surface area contributed by atoms with Crippen LogP contribution >= 0.6 is 11.6 Å². The van der Waals surface area contributed by atoms with E-state index in [4.69, 9.17) is 22.1 Å². The van der Waals surface area contributed by atoms with E-state index in [1.807, 2.05) is 0 Å². The van der Waals surface area contributed by atoms with E-state index in [9.17, 15) is 0 Å². The fourth-order valence-electron chi connectivity index (χ4n) is 1.32. The lowest BCUT2D eigenvalue weighted by Gasteiger charge is -2.06. The molecule has 0 saturated heterocycles. The number of hydrogen-bond acceptors (Lipinski definition) is 3. The molecule has 0 bridgehead atoms. The van der Waals surface area contributed by atoms with Gasteiger partial charge in [-0.1, -0.05) is 11.6 Å². The Morgan fingerprint density at radius 2 is 2.21 bits per heavy atom. The molecule has 72 valence electrons. The Kier molecular flexibility index (Phi) is 2.17. The van der Waals surface area contributed by atoms with Crippen LogP contribution in [-0.4, -0.2) is 12.1 Å². The van der Waals surface area contributed by atoms with Crippen molar-refractivity contribution < 1.29 is 4.74 Å². The predicted molar refractivity (Wildman–Crippen MR) is 57.7 cm³/mol. The summed E-state index contributed by atoms with van der Waals surface area (Å²) in [4.78, 5) is 4.16. The number of nitrogen functional groups attached to an aromatic ring is 1. The Bertz CT molecular complexity index is 485. The van der Waals surface area contributed by atoms with Gasteiger partial charge in [-0.15, -0.1) is 0 Å². The zero-order valence-electron chi connectivity index (χ0n) is 7.62. The number of aromatic nitrogens is 1. The van der Waals surface area contributed by atoms with Crippen molar-refractivity contribution in [3.63, 3.8) is 0 Å². The van der Waals surface area contributed by atoms with Crippen molar-refractivity contribution in [1.29, 1.82) is 0 Å². The third-order valence-electron chi connectivity index (χ3n) is 2.05. The monoisotopic (exact) mass is 208 g/mol. The molecule has 0 atom stereocenters. The molecule has 2 aromatic rings. The molecule has 0 aliphatic rings. The number of nitrogens with zero attached hydrogens (tertiary/aromatic N) is 1. The van der Waals surface area contributed by atoms with Crippen molar-refractivity contribution >= 4 is 28.2 Å². The minimum Gasteiger partial charge on any atom is -0.495 e. The first-order chi connectivity index (χ1) is 6.72. The Morgan fingerprint density at radius 1 is 1.43 bits per heavy atom. The van der Waals surface area contributed by atoms with Gasteiger partial charge in [-0.3, -0.25) is 4.98 Å². The summed E-state index contributed by atoms with van der Waals surface area (Å²) >= 11 is 5.95. The van der Waals surface area contributed by atoms with E-state index in [0.29, 0.717) is 16.5 Å². The SMILES string of the molecule is COc1cc2c(N)ccnc2cc1Cl. The third kappa shape index (κ3) is 1.36. The van der Waals surface area contributed by atoms with Gasteiger partial charge in [0, 0.05) is 17.3 Å². The minimum absolute atomic E-state index is 0.540. The second kappa shape index (κ2) is 3.35. The molecule has 2 N–H and O–H groups in total. The lowest BCUT2D eigenvalue weighted by molar-refractivity contribution is 0.415. The fraction of sp³-hybridized carbons (Fsp3) is 0.100. The van der Waals surface area contributed by atoms with E-state index >= 15 is 0 Å². The Morgan fingerprint density at radius 3 is 2.93 bits per heavy atom. The lowest BCUT2D eigenvalue weighted by Crippen LogP contribution is -1.91. The molecule has 0 amide bonds. The molecule has 0 fully saturated rings. The smallest absolute Gasteiger partial charge is 0.138 e. The fourth-order valence-corrected chi connectivity index (χ4v) is 1.56. The molecular formula is C10H9ClN2O. The van der Waals surface area contributed by atoms with E-state index in [1.54, 1.807) is 31.5 Å². The standard InChI is InChI=1S/C10H9ClN2O/c1-14-10-4-6-8(12)2-3-13-9(6)5-7(10)11/h2-5H,1H3,(H2,12,13). The van der Waals surface area contributed by atoms with Crippen molar-refractivity contribution in [3.8, 4) is 5.75 Å². The summed E-state index contributed by atoms with van der Waals surface area (Å²) in [6, 6.07) is 5.28. The minimum atomic E-state index is 0.540. The van der Waals surface area contributed by atoms with Gasteiger partial charge in [0.15, 0.2) is 0 Å². The zero-order valence-corrected chi connectivity index (χ0v) is 8.38. The molecule has 0 spiro atoms. The second-order valence-corrected chi connectivity index (χ2v) is 3.31. The molecule has 1 aromatic heterocycles. The quantitative estimate of drug-likeness (QED) is 0.783. The van der Waals surface area contributed by atoms with Crippen LogP contribution in [0.2, 0.25) is 5.02 Å². The maximum absolute atomic E-state index is 5.95. The molecule has 1 aromatic carbocycles. The normalized spacial score (nSPS) is 10.4. The highest BCUT2D eigenvalue weighted by molar-refractivity contribution is 6.32. The van der Waals surface area contributed by atoms with Crippen LogP contribution in [0.1, 0.15) is 0 Å². The molecule has 4 heteroatoms. The first kappa shape index (κ1) is 9.09. The number of halogens is 1. The molecule has 0 saturated carbocycles. The summed E-state index contributed by atoms with van der Waals surface area (Å²) < 4.78 is 5.09. The highest BCUT2D eigenvalue weighted by Crippen LogP contribution is 2.31. The summed E-state index contributed by atoms with van der Waals surface area (Å²) in [5, 5.41) is 1.40. The molecule has 3 nitrogen and oxygen atoms in total. The molecule has 1 heterocycles. The van der Waals surface area contributed by atoms with Gasteiger partial charge >= 0.3 is 0 Å². The van der Waals surface area contributed by atoms with Crippen LogP contribution in [0.15, 0.2) is 24.4 Å². The van der Waals surface area contributed by atoms with Gasteiger partial charge in [0.1, 0.15) is 5.75 Å². The topological polar surface area (TPSA) is 48.1 Å². The number of pyridine rings is 1. The van der Waals surface area contributed by atoms with Gasteiger partial charge < -0.3 is 10.5 Å². The van der Waals surface area contributed by atoms with Crippen LogP contribution in [0, 0.1) is 0 Å². The van der Waals surface area contributed by atoms with Crippen LogP contribution in [0.3, 0.4) is 0 Å². The largest absolute Gasteiger partial charge is 0.495 e. The number of nitrogens with two attached hydrogens (primary N) is 1. The Hall–Kier alpha value is -1.48. The maximum atomic E-state index is 5.95. The Labute approximate surface area is 86.5 Å². The summed E-state index contributed by atoms with van der Waals surface area (Å²) in [5.41, 5.74) is 7.24. The van der Waals surface area contributed by atoms with Crippen molar-refractivity contribution in [2.75, 3.05) is 12.8 Å². The molecule has 0 aliphatic heterocycles. The lowest BCUT2D eigenvalue weighted by atomic mass is 10.2. The van der Waals surface area contributed by atoms with E-state index in [2.05, 4.69) is 4.98 Å². The summed E-state index contributed by atoms with van der Waals surface area (Å²) in [7, 11) is 1.57. The maximum Gasteiger partial charge on any atom is 0.138 e. The van der Waals surface area contributed by atoms with Gasteiger partial charge in [-0.05, 0) is 18.2 Å². The summed E-state index contributed by atoms with van der Waals surface area (Å²) in [5.74, 6) is 0.610. The third-order valence-corrected chi connectivity index (χ3v) is 2.34. The molecule has 0 aliphatic carbocycles. The van der Waals surface area contributed by atoms with E-state index in [1.165, 1.54) is 0 Å². The van der Waals surface area contributed by atoms with Crippen LogP contribution in [0.25, 0.3) is 10.9 Å². The molecule has 0 radical (unpaired) electrons. The molecule has 14 heavy (non-hydrogen) atoms. The van der Waals surface area contributed by atoms with Gasteiger partial charge in [0.2, 0.25) is 0 Å². The van der Waals surface area contributed by atoms with Gasteiger partial charge in [0.25, 0.3) is 0 Å². The van der Waals surface area contributed by atoms with Gasteiger partial charge in [-0.25, -0.2) is 0 Å². The number of anilines is 1. The predicted octanol–water partition coefficient (Wildman–Crippen LogP) is 2.48. The van der Waals surface area contributed by atoms with Crippen molar-refractivity contribution in [3.05, 3.63) is 29.4 Å². The van der Waals surface area contributed by atoms with Crippen molar-refractivity contribution in [1.82, 2.24) is 4.98 Å². The molecule has 2 rings (SSSR count). The van der Waals surface area contributed by atoms with E-state index in [-0.39, 0.29) is 0 Å².